The number of fused-ring (bicyclic) bond motifs is 2. The molecule has 0 saturated carbocycles. The first-order valence-corrected chi connectivity index (χ1v) is 11.9. The summed E-state index contributed by atoms with van der Waals surface area (Å²) in [5.41, 5.74) is 10.4. The highest BCUT2D eigenvalue weighted by Gasteiger charge is 2.30. The van der Waals surface area contributed by atoms with Gasteiger partial charge in [-0.3, -0.25) is 5.10 Å². The average Bonchev–Trinajstić information content (AvgIpc) is 3.22. The van der Waals surface area contributed by atoms with E-state index in [0.29, 0.717) is 0 Å². The largest absolute Gasteiger partial charge is 0.355 e. The van der Waals surface area contributed by atoms with Gasteiger partial charge in [-0.2, -0.15) is 5.10 Å². The van der Waals surface area contributed by atoms with Gasteiger partial charge < -0.3 is 15.5 Å². The number of thioether (sulfide) groups is 1. The summed E-state index contributed by atoms with van der Waals surface area (Å²) >= 11 is 1.81. The van der Waals surface area contributed by atoms with Crippen molar-refractivity contribution in [1.29, 1.82) is 0 Å². The van der Waals surface area contributed by atoms with E-state index in [1.807, 2.05) is 18.0 Å². The molecule has 0 aliphatic carbocycles. The fourth-order valence-corrected chi connectivity index (χ4v) is 5.27. The van der Waals surface area contributed by atoms with Gasteiger partial charge >= 0.3 is 0 Å². The van der Waals surface area contributed by atoms with E-state index in [9.17, 15) is 0 Å². The van der Waals surface area contributed by atoms with Crippen LogP contribution in [0, 0.1) is 5.41 Å². The molecule has 5 rings (SSSR count). The Hall–Kier alpha value is -2.32. The van der Waals surface area contributed by atoms with E-state index < -0.39 is 0 Å². The Morgan fingerprint density at radius 3 is 2.83 bits per heavy atom. The molecule has 8 heteroatoms. The highest BCUT2D eigenvalue weighted by Crippen LogP contribution is 2.39. The van der Waals surface area contributed by atoms with Crippen molar-refractivity contribution in [1.82, 2.24) is 20.2 Å². The van der Waals surface area contributed by atoms with Crippen molar-refractivity contribution in [2.45, 2.75) is 37.5 Å². The number of hydrogen-bond donors (Lipinski definition) is 2. The summed E-state index contributed by atoms with van der Waals surface area (Å²) in [5, 5.41) is 7.76. The van der Waals surface area contributed by atoms with E-state index in [2.05, 4.69) is 51.4 Å². The number of anilines is 3. The van der Waals surface area contributed by atoms with Crippen LogP contribution in [0.1, 0.15) is 31.7 Å². The minimum atomic E-state index is 0.243. The summed E-state index contributed by atoms with van der Waals surface area (Å²) in [7, 11) is 0. The maximum absolute atomic E-state index is 5.96. The molecule has 158 valence electrons. The third kappa shape index (κ3) is 3.32. The molecular formula is C22H29N7S. The maximum atomic E-state index is 5.96. The number of benzene rings is 1. The second kappa shape index (κ2) is 7.74. The van der Waals surface area contributed by atoms with E-state index in [0.717, 1.165) is 74.7 Å². The molecule has 7 nitrogen and oxygen atoms in total. The lowest BCUT2D eigenvalue weighted by Gasteiger charge is -2.39. The molecule has 2 aromatic heterocycles. The fourth-order valence-electron chi connectivity index (χ4n) is 4.60. The van der Waals surface area contributed by atoms with Gasteiger partial charge in [-0.25, -0.2) is 9.97 Å². The zero-order valence-corrected chi connectivity index (χ0v) is 18.5. The van der Waals surface area contributed by atoms with Crippen molar-refractivity contribution in [3.63, 3.8) is 0 Å². The monoisotopic (exact) mass is 423 g/mol. The van der Waals surface area contributed by atoms with Crippen LogP contribution in [0.15, 0.2) is 29.3 Å². The van der Waals surface area contributed by atoms with Crippen molar-refractivity contribution in [3.8, 4) is 0 Å². The van der Waals surface area contributed by atoms with E-state index in [1.54, 1.807) is 0 Å². The normalized spacial score (nSPS) is 18.6. The van der Waals surface area contributed by atoms with Crippen molar-refractivity contribution < 1.29 is 0 Å². The Labute approximate surface area is 181 Å². The Morgan fingerprint density at radius 2 is 2.07 bits per heavy atom. The van der Waals surface area contributed by atoms with Gasteiger partial charge in [0.05, 0.1) is 6.20 Å². The smallest absolute Gasteiger partial charge is 0.183 e. The van der Waals surface area contributed by atoms with Gasteiger partial charge in [0.25, 0.3) is 0 Å². The molecule has 0 bridgehead atoms. The molecule has 1 saturated heterocycles. The van der Waals surface area contributed by atoms with Crippen molar-refractivity contribution in [2.24, 2.45) is 11.1 Å². The molecule has 2 aliphatic heterocycles. The van der Waals surface area contributed by atoms with Crippen molar-refractivity contribution in [3.05, 3.63) is 30.0 Å². The molecule has 4 heterocycles. The number of nitrogens with one attached hydrogen (secondary N) is 1. The molecular weight excluding hydrogens is 394 g/mol. The number of nitrogens with two attached hydrogens (primary N) is 1. The third-order valence-corrected chi connectivity index (χ3v) is 7.53. The highest BCUT2D eigenvalue weighted by molar-refractivity contribution is 7.98. The van der Waals surface area contributed by atoms with E-state index in [1.165, 1.54) is 16.1 Å². The predicted molar refractivity (Wildman–Crippen MR) is 124 cm³/mol. The molecule has 0 unspecified atom stereocenters. The topological polar surface area (TPSA) is 87.0 Å². The summed E-state index contributed by atoms with van der Waals surface area (Å²) in [5.74, 6) is 1.79. The summed E-state index contributed by atoms with van der Waals surface area (Å²) in [4.78, 5) is 15.6. The van der Waals surface area contributed by atoms with E-state index in [-0.39, 0.29) is 5.41 Å². The molecule has 1 aromatic carbocycles. The molecule has 0 atom stereocenters. The van der Waals surface area contributed by atoms with E-state index in [4.69, 9.17) is 15.7 Å². The first kappa shape index (κ1) is 19.6. The Morgan fingerprint density at radius 1 is 1.23 bits per heavy atom. The summed E-state index contributed by atoms with van der Waals surface area (Å²) in [6.45, 7) is 5.89. The molecule has 2 aliphatic rings. The molecule has 30 heavy (non-hydrogen) atoms. The Kier molecular flexibility index (Phi) is 5.06. The molecule has 3 aromatic rings. The minimum Gasteiger partial charge on any atom is -0.355 e. The van der Waals surface area contributed by atoms with Crippen LogP contribution in [0.3, 0.4) is 0 Å². The zero-order valence-electron chi connectivity index (χ0n) is 17.7. The second-order valence-corrected chi connectivity index (χ2v) is 9.54. The molecule has 3 N–H and O–H groups in total. The van der Waals surface area contributed by atoms with Crippen LogP contribution < -0.4 is 15.5 Å². The third-order valence-electron chi connectivity index (χ3n) is 6.71. The number of H-pyrrole nitrogens is 1. The number of aromatic amines is 1. The van der Waals surface area contributed by atoms with Gasteiger partial charge in [0, 0.05) is 30.2 Å². The van der Waals surface area contributed by atoms with Crippen molar-refractivity contribution >= 4 is 40.2 Å². The number of aromatic nitrogens is 4. The van der Waals surface area contributed by atoms with Crippen molar-refractivity contribution in [2.75, 3.05) is 42.2 Å². The highest BCUT2D eigenvalue weighted by atomic mass is 32.2. The van der Waals surface area contributed by atoms with Crippen LogP contribution in [-0.4, -0.2) is 52.6 Å². The van der Waals surface area contributed by atoms with Crippen LogP contribution in [0.25, 0.3) is 11.2 Å². The van der Waals surface area contributed by atoms with Gasteiger partial charge in [-0.15, -0.1) is 11.8 Å². The van der Waals surface area contributed by atoms with Gasteiger partial charge in [-0.1, -0.05) is 13.0 Å². The maximum Gasteiger partial charge on any atom is 0.183 e. The lowest BCUT2D eigenvalue weighted by molar-refractivity contribution is 0.258. The van der Waals surface area contributed by atoms with Gasteiger partial charge in [0.1, 0.15) is 5.82 Å². The Bertz CT molecular complexity index is 1050. The molecule has 0 radical (unpaired) electrons. The van der Waals surface area contributed by atoms with E-state index >= 15 is 0 Å². The lowest BCUT2D eigenvalue weighted by atomic mass is 9.80. The molecule has 0 amide bonds. The molecule has 1 fully saturated rings. The van der Waals surface area contributed by atoms with Gasteiger partial charge in [0.2, 0.25) is 0 Å². The molecule has 0 spiro atoms. The van der Waals surface area contributed by atoms with Crippen LogP contribution in [0.2, 0.25) is 0 Å². The summed E-state index contributed by atoms with van der Waals surface area (Å²) < 4.78 is 0. The number of nitrogens with zero attached hydrogens (tertiary/aromatic N) is 5. The summed E-state index contributed by atoms with van der Waals surface area (Å²) in [6.07, 6.45) is 8.42. The summed E-state index contributed by atoms with van der Waals surface area (Å²) in [6, 6.07) is 6.53. The van der Waals surface area contributed by atoms with Gasteiger partial charge in [0.15, 0.2) is 17.0 Å². The van der Waals surface area contributed by atoms with Crippen LogP contribution in [0.5, 0.6) is 0 Å². The number of hydrogen-bond acceptors (Lipinski definition) is 7. The van der Waals surface area contributed by atoms with Gasteiger partial charge in [-0.05, 0) is 61.6 Å². The number of rotatable bonds is 4. The van der Waals surface area contributed by atoms with Crippen LogP contribution in [-0.2, 0) is 6.42 Å². The predicted octanol–water partition coefficient (Wildman–Crippen LogP) is 3.72. The Balaban J connectivity index is 1.45. The first-order valence-electron chi connectivity index (χ1n) is 10.7. The fraction of sp³-hybridized carbons (Fsp3) is 0.500. The zero-order chi connectivity index (χ0) is 20.7. The number of piperidine rings is 1. The minimum absolute atomic E-state index is 0.243. The lowest BCUT2D eigenvalue weighted by Crippen LogP contribution is -2.42. The average molecular weight is 424 g/mol. The first-order chi connectivity index (χ1) is 14.6. The van der Waals surface area contributed by atoms with Crippen LogP contribution in [0.4, 0.5) is 17.3 Å². The standard InChI is InChI=1S/C22H29N7S/c1-22(14-23)8-11-28(12-9-22)18-13-24-19-20(25-18)26-27-21(19)29-10-4-5-15-16(29)6-3-7-17(15)30-2/h3,6-7,13H,4-5,8-12,14,23H2,1-2H3,(H,25,26,27). The van der Waals surface area contributed by atoms with Crippen LogP contribution >= 0.6 is 11.8 Å². The SMILES string of the molecule is CSc1cccc2c1CCCN2c1n[nH]c2nc(N3CCC(C)(CN)CC3)cnc12. The quantitative estimate of drug-likeness (QED) is 0.618. The second-order valence-electron chi connectivity index (χ2n) is 8.69.